The van der Waals surface area contributed by atoms with Crippen LogP contribution in [0.1, 0.15) is 110 Å². The SMILES string of the molecule is CCCCCCCCCCCCCCCCCCOCCOCCOCCOCCOCCOCCOCCOCCOCCOCCOCCOCCOCCOCCOCCOCCOCCOCCOCCOCCN. The lowest BCUT2D eigenvalue weighted by Crippen LogP contribution is -2.16. The fourth-order valence-corrected chi connectivity index (χ4v) is 7.12. The summed E-state index contributed by atoms with van der Waals surface area (Å²) in [6, 6.07) is 0. The first-order valence-electron chi connectivity index (χ1n) is 30.7. The Balaban J connectivity index is 3.08. The normalized spacial score (nSPS) is 11.8. The van der Waals surface area contributed by atoms with Gasteiger partial charge in [0.15, 0.2) is 0 Å². The van der Waals surface area contributed by atoms with E-state index in [1.807, 2.05) is 0 Å². The monoisotopic (exact) mass is 1150 g/mol. The molecule has 0 amide bonds. The predicted molar refractivity (Wildman–Crippen MR) is 305 cm³/mol. The maximum atomic E-state index is 5.71. The minimum absolute atomic E-state index is 0.494. The minimum atomic E-state index is 0.494. The molecule has 0 aromatic carbocycles. The Morgan fingerprint density at radius 2 is 0.253 bits per heavy atom. The molecule has 0 bridgehead atoms. The van der Waals surface area contributed by atoms with E-state index in [2.05, 4.69) is 6.92 Å². The molecule has 0 aromatic rings. The molecule has 0 heterocycles. The second kappa shape index (κ2) is 77.2. The average Bonchev–Trinajstić information content (AvgIpc) is 3.46. The van der Waals surface area contributed by atoms with Gasteiger partial charge in [0.2, 0.25) is 0 Å². The summed E-state index contributed by atoms with van der Waals surface area (Å²) >= 11 is 0. The van der Waals surface area contributed by atoms with Crippen molar-refractivity contribution in [2.45, 2.75) is 110 Å². The van der Waals surface area contributed by atoms with Crippen molar-refractivity contribution in [2.24, 2.45) is 5.73 Å². The number of unbranched alkanes of at least 4 members (excludes halogenated alkanes) is 15. The highest BCUT2D eigenvalue weighted by molar-refractivity contribution is 4.51. The number of ether oxygens (including phenoxy) is 20. The van der Waals surface area contributed by atoms with Gasteiger partial charge in [-0.15, -0.1) is 0 Å². The second-order valence-corrected chi connectivity index (χ2v) is 18.3. The van der Waals surface area contributed by atoms with Gasteiger partial charge in [-0.2, -0.15) is 0 Å². The molecule has 476 valence electrons. The summed E-state index contributed by atoms with van der Waals surface area (Å²) in [6.45, 7) is 23.8. The van der Waals surface area contributed by atoms with Crippen molar-refractivity contribution < 1.29 is 94.7 Å². The molecule has 0 saturated heterocycles. The van der Waals surface area contributed by atoms with E-state index in [9.17, 15) is 0 Å². The van der Waals surface area contributed by atoms with Crippen molar-refractivity contribution in [3.8, 4) is 0 Å². The van der Waals surface area contributed by atoms with Crippen LogP contribution in [0.25, 0.3) is 0 Å². The lowest BCUT2D eigenvalue weighted by atomic mass is 10.0. The molecule has 0 fully saturated rings. The maximum absolute atomic E-state index is 5.71. The Hall–Kier alpha value is -0.840. The third-order valence-corrected chi connectivity index (χ3v) is 11.5. The molecule has 2 N–H and O–H groups in total. The summed E-state index contributed by atoms with van der Waals surface area (Å²) in [6.07, 6.45) is 22.1. The van der Waals surface area contributed by atoms with Crippen LogP contribution in [0.5, 0.6) is 0 Å². The third-order valence-electron chi connectivity index (χ3n) is 11.5. The van der Waals surface area contributed by atoms with E-state index in [1.165, 1.54) is 96.3 Å². The molecule has 21 nitrogen and oxygen atoms in total. The quantitative estimate of drug-likeness (QED) is 0.0641. The van der Waals surface area contributed by atoms with Crippen LogP contribution in [0.4, 0.5) is 0 Å². The van der Waals surface area contributed by atoms with E-state index in [1.54, 1.807) is 0 Å². The summed E-state index contributed by atoms with van der Waals surface area (Å²) < 4.78 is 110. The first-order valence-corrected chi connectivity index (χ1v) is 30.7. The van der Waals surface area contributed by atoms with Crippen molar-refractivity contribution >= 4 is 0 Å². The Morgan fingerprint density at radius 1 is 0.139 bits per heavy atom. The van der Waals surface area contributed by atoms with Crippen LogP contribution >= 0.6 is 0 Å². The second-order valence-electron chi connectivity index (χ2n) is 18.3. The van der Waals surface area contributed by atoms with Crippen LogP contribution in [-0.2, 0) is 94.7 Å². The van der Waals surface area contributed by atoms with Crippen LogP contribution in [0.3, 0.4) is 0 Å². The molecule has 0 radical (unpaired) electrons. The summed E-state index contributed by atoms with van der Waals surface area (Å²) in [5.41, 5.74) is 5.35. The Labute approximate surface area is 479 Å². The fraction of sp³-hybridized carbons (Fsp3) is 1.00. The van der Waals surface area contributed by atoms with Gasteiger partial charge < -0.3 is 100 Å². The van der Waals surface area contributed by atoms with Crippen LogP contribution < -0.4 is 5.73 Å². The first-order chi connectivity index (χ1) is 39.4. The van der Waals surface area contributed by atoms with Gasteiger partial charge >= 0.3 is 0 Å². The van der Waals surface area contributed by atoms with Crippen molar-refractivity contribution in [1.29, 1.82) is 0 Å². The van der Waals surface area contributed by atoms with Crippen LogP contribution in [0, 0.1) is 0 Å². The van der Waals surface area contributed by atoms with Crippen LogP contribution in [0.15, 0.2) is 0 Å². The maximum Gasteiger partial charge on any atom is 0.0701 e. The van der Waals surface area contributed by atoms with Crippen LogP contribution in [0.2, 0.25) is 0 Å². The molecule has 0 aliphatic carbocycles. The topological polar surface area (TPSA) is 211 Å². The highest BCUT2D eigenvalue weighted by Crippen LogP contribution is 2.14. The molecule has 0 rings (SSSR count). The first kappa shape index (κ1) is 78.2. The van der Waals surface area contributed by atoms with Crippen molar-refractivity contribution in [2.75, 3.05) is 271 Å². The smallest absolute Gasteiger partial charge is 0.0701 e. The van der Waals surface area contributed by atoms with Gasteiger partial charge in [-0.3, -0.25) is 0 Å². The zero-order valence-electron chi connectivity index (χ0n) is 50.0. The molecule has 0 aromatic heterocycles. The van der Waals surface area contributed by atoms with E-state index < -0.39 is 0 Å². The van der Waals surface area contributed by atoms with E-state index in [4.69, 9.17) is 100 Å². The number of nitrogens with two attached hydrogens (primary N) is 1. The molecule has 21 heteroatoms. The lowest BCUT2D eigenvalue weighted by Gasteiger charge is -2.09. The summed E-state index contributed by atoms with van der Waals surface area (Å²) in [5, 5.41) is 0. The van der Waals surface area contributed by atoms with Gasteiger partial charge in [-0.05, 0) is 6.42 Å². The number of rotatable bonds is 76. The number of hydrogen-bond donors (Lipinski definition) is 1. The van der Waals surface area contributed by atoms with Gasteiger partial charge in [-0.1, -0.05) is 103 Å². The zero-order chi connectivity index (χ0) is 56.4. The van der Waals surface area contributed by atoms with Gasteiger partial charge in [0.25, 0.3) is 0 Å². The summed E-state index contributed by atoms with van der Waals surface area (Å²) in [4.78, 5) is 0. The Bertz CT molecular complexity index is 961. The molecule has 79 heavy (non-hydrogen) atoms. The summed E-state index contributed by atoms with van der Waals surface area (Å²) in [7, 11) is 0. The molecule has 0 unspecified atom stereocenters. The third kappa shape index (κ3) is 77.2. The van der Waals surface area contributed by atoms with Gasteiger partial charge in [0.1, 0.15) is 0 Å². The Kier molecular flexibility index (Phi) is 76.3. The Morgan fingerprint density at radius 3 is 0.392 bits per heavy atom. The minimum Gasteiger partial charge on any atom is -0.379 e. The predicted octanol–water partition coefficient (Wildman–Crippen LogP) is 6.54. The van der Waals surface area contributed by atoms with E-state index in [0.29, 0.717) is 264 Å². The summed E-state index contributed by atoms with van der Waals surface area (Å²) in [5.74, 6) is 0. The standard InChI is InChI=1S/C58H119NO20/c1-2-3-4-5-6-7-8-9-10-11-12-13-14-15-16-17-19-60-21-23-62-25-27-64-29-31-66-33-35-68-37-39-70-41-43-72-45-47-74-49-51-76-53-55-78-57-58-79-56-54-77-52-50-75-48-46-73-44-42-71-40-38-69-36-34-67-32-30-65-28-26-63-24-22-61-20-18-59/h2-59H2,1H3. The van der Waals surface area contributed by atoms with E-state index in [-0.39, 0.29) is 0 Å². The average molecular weight is 1150 g/mol. The molecule has 0 atom stereocenters. The van der Waals surface area contributed by atoms with Gasteiger partial charge in [0.05, 0.1) is 258 Å². The van der Waals surface area contributed by atoms with Crippen molar-refractivity contribution in [1.82, 2.24) is 0 Å². The van der Waals surface area contributed by atoms with Gasteiger partial charge in [0, 0.05) is 13.2 Å². The molecular weight excluding hydrogens is 1030 g/mol. The van der Waals surface area contributed by atoms with E-state index in [0.717, 1.165) is 13.0 Å². The molecule has 0 spiro atoms. The highest BCUT2D eigenvalue weighted by atomic mass is 16.6. The number of hydrogen-bond acceptors (Lipinski definition) is 21. The molecule has 0 aliphatic heterocycles. The molecule has 0 aliphatic rings. The highest BCUT2D eigenvalue weighted by Gasteiger charge is 2.01. The molecular formula is C58H119NO20. The fourth-order valence-electron chi connectivity index (χ4n) is 7.12. The zero-order valence-corrected chi connectivity index (χ0v) is 50.0. The largest absolute Gasteiger partial charge is 0.379 e. The van der Waals surface area contributed by atoms with E-state index >= 15 is 0 Å². The van der Waals surface area contributed by atoms with Gasteiger partial charge in [-0.25, -0.2) is 0 Å². The molecule has 0 saturated carbocycles. The van der Waals surface area contributed by atoms with Crippen molar-refractivity contribution in [3.05, 3.63) is 0 Å². The van der Waals surface area contributed by atoms with Crippen molar-refractivity contribution in [3.63, 3.8) is 0 Å². The van der Waals surface area contributed by atoms with Crippen LogP contribution in [-0.4, -0.2) is 271 Å². The lowest BCUT2D eigenvalue weighted by molar-refractivity contribution is -0.0314.